The Morgan fingerprint density at radius 1 is 1.21 bits per heavy atom. The molecule has 0 saturated heterocycles. The highest BCUT2D eigenvalue weighted by Crippen LogP contribution is 2.35. The average Bonchev–Trinajstić information content (AvgIpc) is 2.86. The Morgan fingerprint density at radius 3 is 2.46 bits per heavy atom. The number of nitrogens with zero attached hydrogens (tertiary/aromatic N) is 1. The number of nitrogens with one attached hydrogen (secondary N) is 1. The normalized spacial score (nSPS) is 11.2. The molecule has 3 rings (SSSR count). The summed E-state index contributed by atoms with van der Waals surface area (Å²) in [5, 5.41) is 13.5. The van der Waals surface area contributed by atoms with Crippen molar-refractivity contribution in [3.63, 3.8) is 0 Å². The summed E-state index contributed by atoms with van der Waals surface area (Å²) in [4.78, 5) is 25.4. The van der Waals surface area contributed by atoms with Gasteiger partial charge in [0.05, 0.1) is 17.0 Å². The Labute approximate surface area is 166 Å². The van der Waals surface area contributed by atoms with Crippen LogP contribution in [0.1, 0.15) is 35.5 Å². The van der Waals surface area contributed by atoms with Gasteiger partial charge in [-0.2, -0.15) is 0 Å². The number of carbonyl (C=O) groups is 2. The highest BCUT2D eigenvalue weighted by atomic mass is 35.5. The molecule has 0 atom stereocenters. The minimum atomic E-state index is -0.440. The van der Waals surface area contributed by atoms with Crippen LogP contribution in [0.2, 0.25) is 5.02 Å². The first-order valence-electron chi connectivity index (χ1n) is 8.81. The van der Waals surface area contributed by atoms with Gasteiger partial charge in [0.25, 0.3) is 5.91 Å². The van der Waals surface area contributed by atoms with Crippen LogP contribution in [0, 0.1) is 12.7 Å². The topological polar surface area (TPSA) is 71.3 Å². The molecule has 0 aliphatic heterocycles. The Morgan fingerprint density at radius 2 is 1.86 bits per heavy atom. The first kappa shape index (κ1) is 19.9. The summed E-state index contributed by atoms with van der Waals surface area (Å²) in [6.07, 6.45) is 0.0469. The Bertz CT molecular complexity index is 1070. The van der Waals surface area contributed by atoms with E-state index in [4.69, 9.17) is 11.6 Å². The van der Waals surface area contributed by atoms with E-state index < -0.39 is 5.82 Å². The number of aromatic nitrogens is 1. The third-order valence-corrected chi connectivity index (χ3v) is 4.79. The van der Waals surface area contributed by atoms with Crippen LogP contribution in [0.5, 0.6) is 5.75 Å². The number of hydrogen-bond donors (Lipinski definition) is 2. The molecular formula is C21H20ClFN2O3. The predicted molar refractivity (Wildman–Crippen MR) is 106 cm³/mol. The maximum Gasteiger partial charge on any atom is 0.262 e. The largest absolute Gasteiger partial charge is 0.506 e. The molecule has 0 spiro atoms. The lowest BCUT2D eigenvalue weighted by atomic mass is 10.1. The van der Waals surface area contributed by atoms with Crippen LogP contribution in [-0.2, 0) is 11.2 Å². The van der Waals surface area contributed by atoms with Gasteiger partial charge in [0.1, 0.15) is 11.6 Å². The summed E-state index contributed by atoms with van der Waals surface area (Å²) in [6.45, 7) is 5.44. The Hall–Kier alpha value is -2.86. The molecule has 0 fully saturated rings. The number of phenols is 1. The summed E-state index contributed by atoms with van der Waals surface area (Å²) in [5.74, 6) is -1.14. The van der Waals surface area contributed by atoms with Crippen LogP contribution in [0.3, 0.4) is 0 Å². The summed E-state index contributed by atoms with van der Waals surface area (Å²) in [6, 6.07) is 8.15. The number of carbonyl (C=O) groups excluding carboxylic acids is 2. The van der Waals surface area contributed by atoms with Crippen LogP contribution >= 0.6 is 11.6 Å². The number of benzene rings is 2. The SMILES string of the molecule is Cc1c(CC(=O)NC(C)C)c2cc(O)c(Cl)cc2n1C(=O)c1ccc(F)cc1. The molecule has 0 aliphatic carbocycles. The van der Waals surface area contributed by atoms with Gasteiger partial charge >= 0.3 is 0 Å². The first-order chi connectivity index (χ1) is 13.2. The second-order valence-electron chi connectivity index (χ2n) is 6.93. The Kier molecular flexibility index (Phi) is 5.42. The number of hydrogen-bond acceptors (Lipinski definition) is 3. The van der Waals surface area contributed by atoms with Crippen molar-refractivity contribution in [2.75, 3.05) is 0 Å². The number of fused-ring (bicyclic) bond motifs is 1. The summed E-state index contributed by atoms with van der Waals surface area (Å²) in [7, 11) is 0. The van der Waals surface area contributed by atoms with Gasteiger partial charge < -0.3 is 10.4 Å². The second-order valence-corrected chi connectivity index (χ2v) is 7.34. The molecule has 5 nitrogen and oxygen atoms in total. The number of phenolic OH excluding ortho intramolecular Hbond substituents is 1. The molecule has 3 aromatic rings. The maximum absolute atomic E-state index is 13.2. The molecular weight excluding hydrogens is 383 g/mol. The quantitative estimate of drug-likeness (QED) is 0.687. The fourth-order valence-electron chi connectivity index (χ4n) is 3.23. The van der Waals surface area contributed by atoms with Crippen molar-refractivity contribution < 1.29 is 19.1 Å². The van der Waals surface area contributed by atoms with Crippen molar-refractivity contribution in [1.29, 1.82) is 0 Å². The van der Waals surface area contributed by atoms with E-state index in [1.807, 2.05) is 13.8 Å². The van der Waals surface area contributed by atoms with Gasteiger partial charge in [-0.15, -0.1) is 0 Å². The molecule has 1 amide bonds. The fraction of sp³-hybridized carbons (Fsp3) is 0.238. The van der Waals surface area contributed by atoms with Gasteiger partial charge in [0.2, 0.25) is 5.91 Å². The van der Waals surface area contributed by atoms with Crippen LogP contribution in [-0.4, -0.2) is 27.5 Å². The van der Waals surface area contributed by atoms with E-state index in [1.54, 1.807) is 6.92 Å². The van der Waals surface area contributed by atoms with Crippen LogP contribution in [0.4, 0.5) is 4.39 Å². The highest BCUT2D eigenvalue weighted by Gasteiger charge is 2.23. The number of halogens is 2. The monoisotopic (exact) mass is 402 g/mol. The molecule has 0 bridgehead atoms. The van der Waals surface area contributed by atoms with Crippen molar-refractivity contribution in [2.45, 2.75) is 33.2 Å². The van der Waals surface area contributed by atoms with Crippen molar-refractivity contribution in [3.05, 3.63) is 64.1 Å². The number of amides is 1. The fourth-order valence-corrected chi connectivity index (χ4v) is 3.39. The Balaban J connectivity index is 2.18. The molecule has 0 aliphatic rings. The molecule has 7 heteroatoms. The highest BCUT2D eigenvalue weighted by molar-refractivity contribution is 6.33. The molecule has 1 aromatic heterocycles. The van der Waals surface area contributed by atoms with Gasteiger partial charge in [0, 0.05) is 22.7 Å². The molecule has 0 saturated carbocycles. The van der Waals surface area contributed by atoms with E-state index >= 15 is 0 Å². The van der Waals surface area contributed by atoms with Gasteiger partial charge in [0.15, 0.2) is 0 Å². The van der Waals surface area contributed by atoms with E-state index in [9.17, 15) is 19.1 Å². The van der Waals surface area contributed by atoms with E-state index in [1.165, 1.54) is 41.0 Å². The molecule has 2 aromatic carbocycles. The van der Waals surface area contributed by atoms with E-state index in [0.717, 1.165) is 0 Å². The molecule has 0 unspecified atom stereocenters. The zero-order valence-electron chi connectivity index (χ0n) is 15.7. The average molecular weight is 403 g/mol. The van der Waals surface area contributed by atoms with E-state index in [2.05, 4.69) is 5.32 Å². The minimum Gasteiger partial charge on any atom is -0.506 e. The van der Waals surface area contributed by atoms with Crippen molar-refractivity contribution in [3.8, 4) is 5.75 Å². The zero-order valence-corrected chi connectivity index (χ0v) is 16.5. The molecule has 2 N–H and O–H groups in total. The smallest absolute Gasteiger partial charge is 0.262 e. The van der Waals surface area contributed by atoms with Gasteiger partial charge in [-0.25, -0.2) is 4.39 Å². The lowest BCUT2D eigenvalue weighted by molar-refractivity contribution is -0.120. The third kappa shape index (κ3) is 3.73. The summed E-state index contributed by atoms with van der Waals surface area (Å²) in [5.41, 5.74) is 1.95. The lowest BCUT2D eigenvalue weighted by Crippen LogP contribution is -2.31. The maximum atomic E-state index is 13.2. The summed E-state index contributed by atoms with van der Waals surface area (Å²) >= 11 is 6.06. The van der Waals surface area contributed by atoms with Gasteiger partial charge in [-0.1, -0.05) is 11.6 Å². The predicted octanol–water partition coefficient (Wildman–Crippen LogP) is 4.20. The van der Waals surface area contributed by atoms with Gasteiger partial charge in [-0.05, 0) is 62.7 Å². The zero-order chi connectivity index (χ0) is 20.6. The number of aromatic hydroxyl groups is 1. The van der Waals surface area contributed by atoms with E-state index in [0.29, 0.717) is 27.7 Å². The molecule has 146 valence electrons. The van der Waals surface area contributed by atoms with Crippen LogP contribution in [0.25, 0.3) is 10.9 Å². The van der Waals surface area contributed by atoms with Crippen molar-refractivity contribution in [1.82, 2.24) is 9.88 Å². The first-order valence-corrected chi connectivity index (χ1v) is 9.19. The third-order valence-electron chi connectivity index (χ3n) is 4.48. The molecule has 0 radical (unpaired) electrons. The molecule has 1 heterocycles. The van der Waals surface area contributed by atoms with Gasteiger partial charge in [-0.3, -0.25) is 14.2 Å². The standard InChI is InChI=1S/C21H20ClFN2O3/c1-11(2)24-20(27)9-15-12(3)25(18-10-17(22)19(26)8-16(15)18)21(28)13-4-6-14(23)7-5-13/h4-8,10-11,26H,9H2,1-3H3,(H,24,27). The van der Waals surface area contributed by atoms with Crippen LogP contribution < -0.4 is 5.32 Å². The lowest BCUT2D eigenvalue weighted by Gasteiger charge is -2.09. The number of rotatable bonds is 4. The van der Waals surface area contributed by atoms with Crippen molar-refractivity contribution in [2.24, 2.45) is 0 Å². The minimum absolute atomic E-state index is 0.0233. The van der Waals surface area contributed by atoms with Crippen LogP contribution in [0.15, 0.2) is 36.4 Å². The molecule has 28 heavy (non-hydrogen) atoms. The second kappa shape index (κ2) is 7.64. The van der Waals surface area contributed by atoms with E-state index in [-0.39, 0.29) is 35.0 Å². The summed E-state index contributed by atoms with van der Waals surface area (Å²) < 4.78 is 14.7. The van der Waals surface area contributed by atoms with Crippen molar-refractivity contribution >= 4 is 34.3 Å².